The van der Waals surface area contributed by atoms with Crippen LogP contribution in [0, 0.1) is 6.92 Å². The second kappa shape index (κ2) is 9.32. The summed E-state index contributed by atoms with van der Waals surface area (Å²) in [6, 6.07) is 6.60. The molecular formula is C23H26N8O4S. The van der Waals surface area contributed by atoms with Crippen molar-refractivity contribution in [3.63, 3.8) is 0 Å². The lowest BCUT2D eigenvalue weighted by molar-refractivity contribution is 0.0944. The summed E-state index contributed by atoms with van der Waals surface area (Å²) in [6.07, 6.45) is 5.99. The van der Waals surface area contributed by atoms with E-state index in [2.05, 4.69) is 25.5 Å². The third kappa shape index (κ3) is 4.42. The number of aryl methyl sites for hydroxylation is 2. The molecule has 0 spiro atoms. The molecule has 4 aromatic heterocycles. The van der Waals surface area contributed by atoms with E-state index in [-0.39, 0.29) is 29.1 Å². The molecule has 0 aromatic carbocycles. The first-order chi connectivity index (χ1) is 17.2. The summed E-state index contributed by atoms with van der Waals surface area (Å²) in [6.45, 7) is 2.68. The first-order valence-electron chi connectivity index (χ1n) is 11.5. The Morgan fingerprint density at radius 1 is 1.25 bits per heavy atom. The van der Waals surface area contributed by atoms with Crippen molar-refractivity contribution < 1.29 is 18.3 Å². The van der Waals surface area contributed by atoms with Gasteiger partial charge in [-0.1, -0.05) is 6.07 Å². The Bertz CT molecular complexity index is 1520. The number of fused-ring (bicyclic) bond motifs is 1. The molecule has 1 aliphatic rings. The van der Waals surface area contributed by atoms with Gasteiger partial charge in [-0.3, -0.25) is 14.5 Å². The normalized spacial score (nSPS) is 15.4. The van der Waals surface area contributed by atoms with Crippen molar-refractivity contribution in [2.75, 3.05) is 13.1 Å². The van der Waals surface area contributed by atoms with Crippen LogP contribution in [0.1, 0.15) is 46.1 Å². The molecule has 5 heterocycles. The molecule has 1 saturated heterocycles. The topological polar surface area (TPSA) is 148 Å². The maximum atomic E-state index is 13.5. The minimum atomic E-state index is -3.81. The molecular weight excluding hydrogens is 484 g/mol. The fourth-order valence-corrected chi connectivity index (χ4v) is 6.26. The van der Waals surface area contributed by atoms with Crippen LogP contribution in [-0.2, 0) is 23.6 Å². The van der Waals surface area contributed by atoms with E-state index < -0.39 is 15.9 Å². The number of piperidine rings is 1. The number of hydrogen-bond donors (Lipinski definition) is 2. The van der Waals surface area contributed by atoms with Crippen LogP contribution in [0.3, 0.4) is 0 Å². The van der Waals surface area contributed by atoms with Crippen molar-refractivity contribution in [2.45, 2.75) is 37.1 Å². The fraction of sp³-hybridized carbons (Fsp3) is 0.348. The van der Waals surface area contributed by atoms with E-state index in [4.69, 9.17) is 0 Å². The highest BCUT2D eigenvalue weighted by Gasteiger charge is 2.33. The number of nitrogens with zero attached hydrogens (tertiary/aromatic N) is 7. The Morgan fingerprint density at radius 2 is 2.03 bits per heavy atom. The molecule has 188 valence electrons. The summed E-state index contributed by atoms with van der Waals surface area (Å²) in [4.78, 5) is 20.5. The highest BCUT2D eigenvalue weighted by Crippen LogP contribution is 2.33. The highest BCUT2D eigenvalue weighted by atomic mass is 32.2. The van der Waals surface area contributed by atoms with Crippen LogP contribution in [0.5, 0.6) is 6.01 Å². The van der Waals surface area contributed by atoms with Crippen molar-refractivity contribution in [1.29, 1.82) is 0 Å². The van der Waals surface area contributed by atoms with E-state index in [1.54, 1.807) is 29.8 Å². The zero-order valence-electron chi connectivity index (χ0n) is 19.9. The minimum absolute atomic E-state index is 0.000889. The molecule has 0 radical (unpaired) electrons. The van der Waals surface area contributed by atoms with Gasteiger partial charge in [0.2, 0.25) is 10.0 Å². The van der Waals surface area contributed by atoms with E-state index in [0.717, 1.165) is 11.1 Å². The van der Waals surface area contributed by atoms with Gasteiger partial charge in [0.05, 0.1) is 18.4 Å². The van der Waals surface area contributed by atoms with Gasteiger partial charge in [0, 0.05) is 32.5 Å². The second-order valence-corrected chi connectivity index (χ2v) is 10.7. The molecule has 36 heavy (non-hydrogen) atoms. The molecule has 0 unspecified atom stereocenters. The van der Waals surface area contributed by atoms with Gasteiger partial charge in [-0.05, 0) is 55.0 Å². The molecule has 4 aromatic rings. The van der Waals surface area contributed by atoms with E-state index in [1.807, 2.05) is 19.2 Å². The SMILES string of the molecule is Cc1cc2nc(O)nn2cc1C1CCN(S(=O)(=O)c2cnn(C)c2CNC(=O)c2ccccn2)CC1. The van der Waals surface area contributed by atoms with Gasteiger partial charge in [-0.25, -0.2) is 12.9 Å². The molecule has 1 fully saturated rings. The molecule has 2 N–H and O–H groups in total. The van der Waals surface area contributed by atoms with Crippen molar-refractivity contribution in [2.24, 2.45) is 7.05 Å². The van der Waals surface area contributed by atoms with E-state index in [9.17, 15) is 18.3 Å². The van der Waals surface area contributed by atoms with Crippen LogP contribution in [0.15, 0.2) is 47.8 Å². The predicted molar refractivity (Wildman–Crippen MR) is 129 cm³/mol. The van der Waals surface area contributed by atoms with Crippen molar-refractivity contribution in [3.05, 3.63) is 65.4 Å². The van der Waals surface area contributed by atoms with Crippen molar-refractivity contribution >= 4 is 21.6 Å². The molecule has 12 nitrogen and oxygen atoms in total. The number of amides is 1. The maximum absolute atomic E-state index is 13.5. The second-order valence-electron chi connectivity index (χ2n) is 8.78. The Morgan fingerprint density at radius 3 is 2.75 bits per heavy atom. The van der Waals surface area contributed by atoms with Gasteiger partial charge in [-0.2, -0.15) is 14.4 Å². The third-order valence-corrected chi connectivity index (χ3v) is 8.50. The van der Waals surface area contributed by atoms with Crippen molar-refractivity contribution in [1.82, 2.24) is 39.0 Å². The van der Waals surface area contributed by atoms with Gasteiger partial charge < -0.3 is 10.4 Å². The maximum Gasteiger partial charge on any atom is 0.333 e. The van der Waals surface area contributed by atoms with Gasteiger partial charge in [-0.15, -0.1) is 5.10 Å². The van der Waals surface area contributed by atoms with Crippen LogP contribution in [0.2, 0.25) is 0 Å². The van der Waals surface area contributed by atoms with Crippen LogP contribution >= 0.6 is 0 Å². The lowest BCUT2D eigenvalue weighted by Crippen LogP contribution is -2.38. The van der Waals surface area contributed by atoms with Crippen molar-refractivity contribution in [3.8, 4) is 6.01 Å². The quantitative estimate of drug-likeness (QED) is 0.395. The molecule has 1 amide bonds. The summed E-state index contributed by atoms with van der Waals surface area (Å²) in [5.41, 5.74) is 3.29. The predicted octanol–water partition coefficient (Wildman–Crippen LogP) is 1.37. The van der Waals surface area contributed by atoms with Gasteiger partial charge >= 0.3 is 6.01 Å². The Labute approximate surface area is 207 Å². The van der Waals surface area contributed by atoms with Crippen LogP contribution in [-0.4, -0.2) is 66.2 Å². The zero-order chi connectivity index (χ0) is 25.4. The average molecular weight is 511 g/mol. The number of carbonyl (C=O) groups is 1. The number of rotatable bonds is 6. The van der Waals surface area contributed by atoms with Gasteiger partial charge in [0.25, 0.3) is 5.91 Å². The molecule has 0 atom stereocenters. The van der Waals surface area contributed by atoms with E-state index in [0.29, 0.717) is 37.3 Å². The minimum Gasteiger partial charge on any atom is -0.478 e. The van der Waals surface area contributed by atoms with E-state index in [1.165, 1.54) is 21.4 Å². The molecule has 0 bridgehead atoms. The largest absolute Gasteiger partial charge is 0.478 e. The first-order valence-corrected chi connectivity index (χ1v) is 12.9. The monoisotopic (exact) mass is 510 g/mol. The summed E-state index contributed by atoms with van der Waals surface area (Å²) < 4.78 is 31.5. The summed E-state index contributed by atoms with van der Waals surface area (Å²) in [5.74, 6) is -0.243. The smallest absolute Gasteiger partial charge is 0.333 e. The zero-order valence-corrected chi connectivity index (χ0v) is 20.7. The summed E-state index contributed by atoms with van der Waals surface area (Å²) in [7, 11) is -2.16. The number of aromatic nitrogens is 6. The number of pyridine rings is 2. The van der Waals surface area contributed by atoms with Gasteiger partial charge in [0.1, 0.15) is 10.6 Å². The van der Waals surface area contributed by atoms with E-state index >= 15 is 0 Å². The fourth-order valence-electron chi connectivity index (χ4n) is 4.61. The number of hydrogen-bond acceptors (Lipinski definition) is 8. The molecule has 0 saturated carbocycles. The first kappa shape index (κ1) is 23.9. The molecule has 1 aliphatic heterocycles. The lowest BCUT2D eigenvalue weighted by Gasteiger charge is -2.32. The number of nitrogens with one attached hydrogen (secondary N) is 1. The van der Waals surface area contributed by atoms with Crippen LogP contribution in [0.4, 0.5) is 0 Å². The van der Waals surface area contributed by atoms with Crippen LogP contribution in [0.25, 0.3) is 5.65 Å². The standard InChI is InChI=1S/C23H26N8O4S/c1-15-11-21-27-23(33)28-31(21)14-17(15)16-6-9-30(10-7-16)36(34,35)20-13-26-29(2)19(20)12-25-22(32)18-5-3-4-8-24-18/h3-5,8,11,13-14,16H,6-7,9-10,12H2,1-2H3,(H,25,32)(H,28,33). The highest BCUT2D eigenvalue weighted by molar-refractivity contribution is 7.89. The summed E-state index contributed by atoms with van der Waals surface area (Å²) >= 11 is 0. The Balaban J connectivity index is 1.30. The Hall–Kier alpha value is -3.84. The number of sulfonamides is 1. The molecule has 0 aliphatic carbocycles. The number of aromatic hydroxyl groups is 1. The summed E-state index contributed by atoms with van der Waals surface area (Å²) in [5, 5.41) is 20.4. The van der Waals surface area contributed by atoms with Gasteiger partial charge in [0.15, 0.2) is 5.65 Å². The molecule has 5 rings (SSSR count). The molecule has 13 heteroatoms. The third-order valence-electron chi connectivity index (χ3n) is 6.56. The lowest BCUT2D eigenvalue weighted by atomic mass is 9.89. The van der Waals surface area contributed by atoms with Crippen LogP contribution < -0.4 is 5.32 Å². The number of carbonyl (C=O) groups excluding carboxylic acids is 1. The average Bonchev–Trinajstić information content (AvgIpc) is 3.43. The Kier molecular flexibility index (Phi) is 6.18.